The summed E-state index contributed by atoms with van der Waals surface area (Å²) >= 11 is 6.23. The van der Waals surface area contributed by atoms with E-state index in [0.29, 0.717) is 38.3 Å². The number of carbonyl (C=O) groups excluding carboxylic acids is 1. The number of benzene rings is 3. The second kappa shape index (κ2) is 9.53. The van der Waals surface area contributed by atoms with Crippen LogP contribution in [0.5, 0.6) is 5.75 Å². The molecule has 0 aliphatic carbocycles. The fraction of sp³-hybridized carbons (Fsp3) is 0.321. The van der Waals surface area contributed by atoms with Gasteiger partial charge >= 0.3 is 5.97 Å². The molecule has 0 amide bonds. The zero-order valence-electron chi connectivity index (χ0n) is 20.2. The first-order valence-electron chi connectivity index (χ1n) is 11.9. The monoisotopic (exact) mass is 492 g/mol. The zero-order valence-corrected chi connectivity index (χ0v) is 20.9. The van der Waals surface area contributed by atoms with Gasteiger partial charge in [-0.25, -0.2) is 4.79 Å². The molecule has 0 radical (unpaired) electrons. The number of furan rings is 1. The van der Waals surface area contributed by atoms with E-state index in [-0.39, 0.29) is 18.4 Å². The number of likely N-dealkylation sites (N-methyl/N-ethyl adjacent to an activating group) is 1. The van der Waals surface area contributed by atoms with Crippen LogP contribution in [-0.2, 0) is 4.74 Å². The number of esters is 1. The van der Waals surface area contributed by atoms with Gasteiger partial charge in [0.2, 0.25) is 0 Å². The maximum absolute atomic E-state index is 13.2. The molecule has 182 valence electrons. The Balaban J connectivity index is 1.87. The number of ether oxygens (including phenoxy) is 1. The zero-order chi connectivity index (χ0) is 24.7. The summed E-state index contributed by atoms with van der Waals surface area (Å²) in [6.07, 6.45) is 0. The number of hydrogen-bond acceptors (Lipinski definition) is 6. The van der Waals surface area contributed by atoms with Crippen molar-refractivity contribution in [3.05, 3.63) is 76.0 Å². The number of phenolic OH excluding ortho intramolecular Hbond substituents is 1. The molecule has 3 aromatic carbocycles. The highest BCUT2D eigenvalue weighted by atomic mass is 35.5. The van der Waals surface area contributed by atoms with Gasteiger partial charge in [-0.1, -0.05) is 48.0 Å². The minimum atomic E-state index is -0.451. The third-order valence-electron chi connectivity index (χ3n) is 6.88. The summed E-state index contributed by atoms with van der Waals surface area (Å²) in [4.78, 5) is 17.8. The molecule has 35 heavy (non-hydrogen) atoms. The van der Waals surface area contributed by atoms with Crippen molar-refractivity contribution in [2.24, 2.45) is 0 Å². The number of aryl methyl sites for hydroxylation is 1. The first-order valence-corrected chi connectivity index (χ1v) is 12.3. The van der Waals surface area contributed by atoms with Gasteiger partial charge in [-0.3, -0.25) is 4.90 Å². The van der Waals surface area contributed by atoms with Gasteiger partial charge in [0, 0.05) is 52.9 Å². The third-order valence-corrected chi connectivity index (χ3v) is 7.13. The molecule has 1 fully saturated rings. The molecule has 1 aromatic heterocycles. The molecule has 0 spiro atoms. The number of phenols is 1. The fourth-order valence-corrected chi connectivity index (χ4v) is 5.27. The predicted molar refractivity (Wildman–Crippen MR) is 138 cm³/mol. The first kappa shape index (κ1) is 23.7. The van der Waals surface area contributed by atoms with E-state index in [1.165, 1.54) is 0 Å². The van der Waals surface area contributed by atoms with Crippen LogP contribution in [0.4, 0.5) is 0 Å². The fourth-order valence-electron chi connectivity index (χ4n) is 5.14. The molecule has 1 unspecified atom stereocenters. The van der Waals surface area contributed by atoms with Crippen LogP contribution in [0.2, 0.25) is 5.02 Å². The number of nitrogens with zero attached hydrogens (tertiary/aromatic N) is 2. The smallest absolute Gasteiger partial charge is 0.342 e. The Bertz CT molecular complexity index is 1390. The normalized spacial score (nSPS) is 16.1. The van der Waals surface area contributed by atoms with Crippen LogP contribution in [0.25, 0.3) is 21.7 Å². The Morgan fingerprint density at radius 3 is 2.40 bits per heavy atom. The van der Waals surface area contributed by atoms with Gasteiger partial charge in [-0.15, -0.1) is 0 Å². The average molecular weight is 493 g/mol. The van der Waals surface area contributed by atoms with Crippen molar-refractivity contribution in [3.63, 3.8) is 0 Å². The van der Waals surface area contributed by atoms with Gasteiger partial charge in [0.1, 0.15) is 22.7 Å². The summed E-state index contributed by atoms with van der Waals surface area (Å²) in [5.41, 5.74) is 2.60. The highest BCUT2D eigenvalue weighted by Crippen LogP contribution is 2.47. The summed E-state index contributed by atoms with van der Waals surface area (Å²) in [5, 5.41) is 14.5. The van der Waals surface area contributed by atoms with E-state index in [2.05, 4.69) is 16.8 Å². The molecule has 1 aliphatic heterocycles. The van der Waals surface area contributed by atoms with Gasteiger partial charge in [0.25, 0.3) is 0 Å². The quantitative estimate of drug-likeness (QED) is 0.357. The van der Waals surface area contributed by atoms with Crippen molar-refractivity contribution in [1.82, 2.24) is 9.80 Å². The number of rotatable bonds is 5. The number of carbonyl (C=O) groups is 1. The maximum Gasteiger partial charge on any atom is 0.342 e. The standard InChI is InChI=1S/C28H29ClN2O4/c1-4-34-28(33)22-17(2)35-27-21-8-6-5-7-20(21)26(32)24(23(22)27)25(18-9-11-19(29)12-10-18)31-15-13-30(3)14-16-31/h5-12,25,32H,4,13-16H2,1-3H3. The Labute approximate surface area is 209 Å². The lowest BCUT2D eigenvalue weighted by Crippen LogP contribution is -2.46. The predicted octanol–water partition coefficient (Wildman–Crippen LogP) is 5.77. The molecular formula is C28H29ClN2O4. The second-order valence-corrected chi connectivity index (χ2v) is 9.50. The van der Waals surface area contributed by atoms with Crippen molar-refractivity contribution in [2.75, 3.05) is 39.8 Å². The van der Waals surface area contributed by atoms with Crippen LogP contribution < -0.4 is 0 Å². The molecule has 1 aliphatic rings. The van der Waals surface area contributed by atoms with Crippen LogP contribution in [0.15, 0.2) is 52.9 Å². The van der Waals surface area contributed by atoms with Crippen LogP contribution in [-0.4, -0.2) is 60.7 Å². The molecule has 1 atom stereocenters. The van der Waals surface area contributed by atoms with Gasteiger partial charge in [-0.2, -0.15) is 0 Å². The molecule has 0 saturated carbocycles. The van der Waals surface area contributed by atoms with Crippen LogP contribution in [0.3, 0.4) is 0 Å². The molecule has 1 saturated heterocycles. The molecular weight excluding hydrogens is 464 g/mol. The molecule has 7 heteroatoms. The summed E-state index contributed by atoms with van der Waals surface area (Å²) in [6, 6.07) is 15.0. The molecule has 5 rings (SSSR count). The average Bonchev–Trinajstić information content (AvgIpc) is 3.20. The minimum Gasteiger partial charge on any atom is -0.507 e. The van der Waals surface area contributed by atoms with Gasteiger partial charge < -0.3 is 19.2 Å². The van der Waals surface area contributed by atoms with Gasteiger partial charge in [-0.05, 0) is 38.6 Å². The van der Waals surface area contributed by atoms with Crippen molar-refractivity contribution < 1.29 is 19.1 Å². The summed E-state index contributed by atoms with van der Waals surface area (Å²) in [7, 11) is 2.11. The Hall–Kier alpha value is -3.06. The highest BCUT2D eigenvalue weighted by Gasteiger charge is 2.34. The number of aromatic hydroxyl groups is 1. The van der Waals surface area contributed by atoms with Gasteiger partial charge in [0.15, 0.2) is 0 Å². The SMILES string of the molecule is CCOC(=O)c1c(C)oc2c1c(C(c1ccc(Cl)cc1)N1CCN(C)CC1)c(O)c1ccccc12. The molecule has 2 heterocycles. The number of piperazine rings is 1. The van der Waals surface area contributed by atoms with E-state index in [0.717, 1.165) is 37.1 Å². The van der Waals surface area contributed by atoms with Crippen molar-refractivity contribution in [1.29, 1.82) is 0 Å². The molecule has 1 N–H and O–H groups in total. The first-order chi connectivity index (χ1) is 16.9. The van der Waals surface area contributed by atoms with Crippen molar-refractivity contribution in [3.8, 4) is 5.75 Å². The number of halogens is 1. The largest absolute Gasteiger partial charge is 0.507 e. The maximum atomic E-state index is 13.2. The third kappa shape index (κ3) is 4.16. The molecule has 4 aromatic rings. The van der Waals surface area contributed by atoms with Crippen LogP contribution >= 0.6 is 11.6 Å². The lowest BCUT2D eigenvalue weighted by Gasteiger charge is -2.39. The Morgan fingerprint density at radius 1 is 1.09 bits per heavy atom. The van der Waals surface area contributed by atoms with Crippen LogP contribution in [0.1, 0.15) is 40.2 Å². The molecule has 6 nitrogen and oxygen atoms in total. The Morgan fingerprint density at radius 2 is 1.74 bits per heavy atom. The van der Waals surface area contributed by atoms with Crippen LogP contribution in [0, 0.1) is 6.92 Å². The van der Waals surface area contributed by atoms with E-state index >= 15 is 0 Å². The van der Waals surface area contributed by atoms with E-state index in [4.69, 9.17) is 20.8 Å². The van der Waals surface area contributed by atoms with E-state index in [1.807, 2.05) is 48.5 Å². The topological polar surface area (TPSA) is 66.2 Å². The number of fused-ring (bicyclic) bond motifs is 3. The Kier molecular flexibility index (Phi) is 6.45. The summed E-state index contributed by atoms with van der Waals surface area (Å²) in [5.74, 6) is 0.176. The molecule has 0 bridgehead atoms. The van der Waals surface area contributed by atoms with E-state index in [9.17, 15) is 9.90 Å². The second-order valence-electron chi connectivity index (χ2n) is 9.06. The van der Waals surface area contributed by atoms with Crippen molar-refractivity contribution >= 4 is 39.3 Å². The summed E-state index contributed by atoms with van der Waals surface area (Å²) in [6.45, 7) is 7.22. The number of hydrogen-bond donors (Lipinski definition) is 1. The van der Waals surface area contributed by atoms with E-state index in [1.54, 1.807) is 13.8 Å². The van der Waals surface area contributed by atoms with Gasteiger partial charge in [0.05, 0.1) is 12.6 Å². The highest BCUT2D eigenvalue weighted by molar-refractivity contribution is 6.30. The summed E-state index contributed by atoms with van der Waals surface area (Å²) < 4.78 is 11.6. The lowest BCUT2D eigenvalue weighted by atomic mass is 9.88. The minimum absolute atomic E-state index is 0.151. The van der Waals surface area contributed by atoms with Crippen molar-refractivity contribution in [2.45, 2.75) is 19.9 Å². The van der Waals surface area contributed by atoms with E-state index < -0.39 is 5.97 Å². The lowest BCUT2D eigenvalue weighted by molar-refractivity contribution is 0.0526.